The molecule has 1 aromatic carbocycles. The van der Waals surface area contributed by atoms with Crippen molar-refractivity contribution in [1.29, 1.82) is 0 Å². The van der Waals surface area contributed by atoms with Gasteiger partial charge in [0.15, 0.2) is 16.7 Å². The van der Waals surface area contributed by atoms with E-state index >= 15 is 0 Å². The third-order valence-electron chi connectivity index (χ3n) is 4.29. The van der Waals surface area contributed by atoms with Crippen molar-refractivity contribution in [3.63, 3.8) is 0 Å². The van der Waals surface area contributed by atoms with E-state index < -0.39 is 21.4 Å². The van der Waals surface area contributed by atoms with Crippen molar-refractivity contribution in [3.8, 4) is 0 Å². The molecule has 140 valence electrons. The smallest absolute Gasteiger partial charge is 0.348 e. The van der Waals surface area contributed by atoms with E-state index in [9.17, 15) is 21.6 Å². The average Bonchev–Trinajstić information content (AvgIpc) is 2.51. The fourth-order valence-electron chi connectivity index (χ4n) is 3.28. The summed E-state index contributed by atoms with van der Waals surface area (Å²) in [6.45, 7) is 0.232. The molecule has 0 saturated carbocycles. The van der Waals surface area contributed by atoms with E-state index in [4.69, 9.17) is 11.6 Å². The maximum absolute atomic E-state index is 12.6. The van der Waals surface area contributed by atoms with Gasteiger partial charge in [-0.3, -0.25) is 5.32 Å². The van der Waals surface area contributed by atoms with Gasteiger partial charge in [0.2, 0.25) is 0 Å². The van der Waals surface area contributed by atoms with Crippen LogP contribution in [-0.2, 0) is 14.3 Å². The van der Waals surface area contributed by atoms with Crippen LogP contribution in [0, 0.1) is 0 Å². The predicted molar refractivity (Wildman–Crippen MR) is 87.1 cm³/mol. The Morgan fingerprint density at radius 2 is 1.88 bits per heavy atom. The molecule has 0 spiro atoms. The standard InChI is InChI=1S/C14H12ClF3N4O3S/c15-11-12(20-10-4-2-1-3-9(10)19-11)22-6-8-5-13(7-22,21-8)25-26(23,24)14(16,17)18/h1-4,8,21H,5-7H2. The summed E-state index contributed by atoms with van der Waals surface area (Å²) in [7, 11) is -5.73. The Balaban J connectivity index is 1.63. The Bertz CT molecular complexity index is 979. The topological polar surface area (TPSA) is 84.4 Å². The second-order valence-corrected chi connectivity index (χ2v) is 8.13. The number of para-hydroxylation sites is 2. The van der Waals surface area contributed by atoms with E-state index in [1.165, 1.54) is 0 Å². The van der Waals surface area contributed by atoms with Crippen molar-refractivity contribution in [2.45, 2.75) is 23.7 Å². The minimum Gasteiger partial charge on any atom is -0.348 e. The molecule has 1 aromatic heterocycles. The van der Waals surface area contributed by atoms with Crippen LogP contribution in [0.15, 0.2) is 24.3 Å². The van der Waals surface area contributed by atoms with Crippen molar-refractivity contribution in [1.82, 2.24) is 15.3 Å². The number of piperidine rings is 1. The normalized spacial score (nSPS) is 26.0. The van der Waals surface area contributed by atoms with Crippen LogP contribution in [0.2, 0.25) is 5.15 Å². The lowest BCUT2D eigenvalue weighted by Gasteiger charge is -2.55. The van der Waals surface area contributed by atoms with Crippen LogP contribution in [0.25, 0.3) is 11.0 Å². The summed E-state index contributed by atoms with van der Waals surface area (Å²) in [6.07, 6.45) is 0.136. The Labute approximate surface area is 151 Å². The first-order valence-corrected chi connectivity index (χ1v) is 9.34. The Kier molecular flexibility index (Phi) is 3.85. The van der Waals surface area contributed by atoms with Gasteiger partial charge in [-0.05, 0) is 12.1 Å². The van der Waals surface area contributed by atoms with Crippen LogP contribution in [0.1, 0.15) is 6.42 Å². The maximum atomic E-state index is 12.6. The van der Waals surface area contributed by atoms with Gasteiger partial charge in [0, 0.05) is 19.0 Å². The number of nitrogens with one attached hydrogen (secondary N) is 1. The van der Waals surface area contributed by atoms with Crippen molar-refractivity contribution in [2.24, 2.45) is 0 Å². The summed E-state index contributed by atoms with van der Waals surface area (Å²) < 4.78 is 65.1. The molecule has 0 aliphatic carbocycles. The highest BCUT2D eigenvalue weighted by Gasteiger charge is 2.59. The first-order chi connectivity index (χ1) is 12.1. The molecule has 5 rings (SSSR count). The Morgan fingerprint density at radius 1 is 1.27 bits per heavy atom. The molecule has 3 saturated heterocycles. The van der Waals surface area contributed by atoms with E-state index in [1.807, 2.05) is 0 Å². The number of hydrogen-bond acceptors (Lipinski definition) is 7. The van der Waals surface area contributed by atoms with E-state index in [-0.39, 0.29) is 30.0 Å². The molecule has 1 N–H and O–H groups in total. The maximum Gasteiger partial charge on any atom is 0.523 e. The van der Waals surface area contributed by atoms with Crippen LogP contribution in [0.3, 0.4) is 0 Å². The predicted octanol–water partition coefficient (Wildman–Crippen LogP) is 2.03. The quantitative estimate of drug-likeness (QED) is 0.614. The van der Waals surface area contributed by atoms with Crippen LogP contribution >= 0.6 is 11.6 Å². The molecule has 4 heterocycles. The van der Waals surface area contributed by atoms with E-state index in [2.05, 4.69) is 19.5 Å². The van der Waals surface area contributed by atoms with Crippen LogP contribution in [-0.4, -0.2) is 48.8 Å². The summed E-state index contributed by atoms with van der Waals surface area (Å²) in [5.41, 5.74) is -6.00. The summed E-state index contributed by atoms with van der Waals surface area (Å²) in [4.78, 5) is 10.2. The first-order valence-electron chi connectivity index (χ1n) is 7.55. The van der Waals surface area contributed by atoms with Crippen LogP contribution in [0.4, 0.5) is 19.0 Å². The van der Waals surface area contributed by atoms with Gasteiger partial charge in [-0.2, -0.15) is 21.6 Å². The van der Waals surface area contributed by atoms with E-state index in [0.29, 0.717) is 17.6 Å². The molecule has 2 bridgehead atoms. The summed E-state index contributed by atoms with van der Waals surface area (Å²) in [6, 6.07) is 6.76. The zero-order valence-electron chi connectivity index (χ0n) is 13.0. The SMILES string of the molecule is O=S(=O)(OC12CC(CN(c3nc4ccccc4nc3Cl)C1)N2)C(F)(F)F. The number of benzene rings is 1. The van der Waals surface area contributed by atoms with Gasteiger partial charge in [0.25, 0.3) is 0 Å². The number of anilines is 1. The third kappa shape index (κ3) is 2.88. The van der Waals surface area contributed by atoms with Crippen molar-refractivity contribution in [2.75, 3.05) is 18.0 Å². The largest absolute Gasteiger partial charge is 0.523 e. The lowest BCUT2D eigenvalue weighted by atomic mass is 9.87. The summed E-state index contributed by atoms with van der Waals surface area (Å²) in [5.74, 6) is 0.272. The zero-order valence-corrected chi connectivity index (χ0v) is 14.6. The second kappa shape index (κ2) is 5.65. The van der Waals surface area contributed by atoms with Crippen molar-refractivity contribution < 1.29 is 25.8 Å². The number of piperazine rings is 1. The van der Waals surface area contributed by atoms with Gasteiger partial charge in [-0.15, -0.1) is 0 Å². The van der Waals surface area contributed by atoms with Gasteiger partial charge < -0.3 is 4.90 Å². The van der Waals surface area contributed by atoms with E-state index in [1.54, 1.807) is 29.2 Å². The monoisotopic (exact) mass is 408 g/mol. The molecule has 2 unspecified atom stereocenters. The molecule has 2 atom stereocenters. The number of fused-ring (bicyclic) bond motifs is 3. The summed E-state index contributed by atoms with van der Waals surface area (Å²) >= 11 is 6.18. The fraction of sp³-hybridized carbons (Fsp3) is 0.429. The van der Waals surface area contributed by atoms with Crippen molar-refractivity contribution in [3.05, 3.63) is 29.4 Å². The van der Waals surface area contributed by atoms with Gasteiger partial charge in [0.1, 0.15) is 0 Å². The van der Waals surface area contributed by atoms with Crippen molar-refractivity contribution >= 4 is 38.6 Å². The fourth-order valence-corrected chi connectivity index (χ4v) is 4.22. The lowest BCUT2D eigenvalue weighted by molar-refractivity contribution is -0.102. The molecule has 3 fully saturated rings. The molecule has 26 heavy (non-hydrogen) atoms. The highest BCUT2D eigenvalue weighted by atomic mass is 35.5. The molecule has 12 heteroatoms. The highest BCUT2D eigenvalue weighted by molar-refractivity contribution is 7.87. The third-order valence-corrected chi connectivity index (χ3v) is 5.65. The molecular weight excluding hydrogens is 397 g/mol. The number of alkyl halides is 3. The number of nitrogens with zero attached hydrogens (tertiary/aromatic N) is 3. The van der Waals surface area contributed by atoms with Gasteiger partial charge >= 0.3 is 15.6 Å². The number of aromatic nitrogens is 2. The number of hydrogen-bond donors (Lipinski definition) is 1. The molecule has 0 amide bonds. The lowest BCUT2D eigenvalue weighted by Crippen LogP contribution is -2.77. The summed E-state index contributed by atoms with van der Waals surface area (Å²) in [5, 5.41) is 2.83. The van der Waals surface area contributed by atoms with Gasteiger partial charge in [0.05, 0.1) is 17.6 Å². The average molecular weight is 409 g/mol. The van der Waals surface area contributed by atoms with Crippen LogP contribution in [0.5, 0.6) is 0 Å². The molecule has 2 aromatic rings. The molecule has 3 aliphatic rings. The minimum absolute atomic E-state index is 0.0822. The first kappa shape index (κ1) is 17.7. The van der Waals surface area contributed by atoms with Gasteiger partial charge in [-0.1, -0.05) is 23.7 Å². The Hall–Kier alpha value is -1.69. The molecule has 7 nitrogen and oxygen atoms in total. The highest BCUT2D eigenvalue weighted by Crippen LogP contribution is 2.40. The molecule has 3 aliphatic heterocycles. The number of rotatable bonds is 3. The Morgan fingerprint density at radius 3 is 2.50 bits per heavy atom. The number of halogens is 4. The van der Waals surface area contributed by atoms with Gasteiger partial charge in [-0.25, -0.2) is 14.2 Å². The molecule has 0 radical (unpaired) electrons. The van der Waals surface area contributed by atoms with Crippen LogP contribution < -0.4 is 10.2 Å². The second-order valence-electron chi connectivity index (χ2n) is 6.23. The van der Waals surface area contributed by atoms with E-state index in [0.717, 1.165) is 0 Å². The minimum atomic E-state index is -5.73. The zero-order chi connectivity index (χ0) is 18.7. The molecular formula is C14H12ClF3N4O3S.